The smallest absolute Gasteiger partial charge is 0.191 e. The summed E-state index contributed by atoms with van der Waals surface area (Å²) < 4.78 is 10.5. The first kappa shape index (κ1) is 19.1. The molecule has 0 amide bonds. The molecule has 1 aromatic carbocycles. The van der Waals surface area contributed by atoms with Gasteiger partial charge in [-0.1, -0.05) is 19.9 Å². The fourth-order valence-electron chi connectivity index (χ4n) is 1.99. The Labute approximate surface area is 138 Å². The Hall–Kier alpha value is -1.95. The van der Waals surface area contributed by atoms with E-state index in [4.69, 9.17) is 9.47 Å². The minimum absolute atomic E-state index is 0.361. The highest BCUT2D eigenvalue weighted by atomic mass is 16.5. The minimum Gasteiger partial charge on any atom is -0.493 e. The number of methoxy groups -OCH3 is 2. The van der Waals surface area contributed by atoms with Crippen LogP contribution in [0.25, 0.3) is 0 Å². The number of aliphatic hydroxyl groups excluding tert-OH is 1. The molecule has 130 valence electrons. The Balaban J connectivity index is 2.70. The third-order valence-corrected chi connectivity index (χ3v) is 3.21. The van der Waals surface area contributed by atoms with Crippen molar-refractivity contribution in [3.63, 3.8) is 0 Å². The Kier molecular flexibility index (Phi) is 8.26. The summed E-state index contributed by atoms with van der Waals surface area (Å²) in [6, 6.07) is 5.39. The second-order valence-corrected chi connectivity index (χ2v) is 5.62. The highest BCUT2D eigenvalue weighted by Gasteiger charge is 2.12. The summed E-state index contributed by atoms with van der Waals surface area (Å²) in [4.78, 5) is 4.48. The zero-order valence-corrected chi connectivity index (χ0v) is 14.7. The molecule has 0 radical (unpaired) electrons. The van der Waals surface area contributed by atoms with Crippen LogP contribution >= 0.6 is 0 Å². The van der Waals surface area contributed by atoms with Gasteiger partial charge in [0.05, 0.1) is 20.3 Å². The number of nitrogens with one attached hydrogen (secondary N) is 2. The second-order valence-electron chi connectivity index (χ2n) is 5.62. The van der Waals surface area contributed by atoms with Crippen LogP contribution in [0.15, 0.2) is 23.2 Å². The molecule has 0 saturated heterocycles. The first-order valence-electron chi connectivity index (χ1n) is 7.93. The van der Waals surface area contributed by atoms with Crippen molar-refractivity contribution in [2.45, 2.75) is 26.9 Å². The predicted octanol–water partition coefficient (Wildman–Crippen LogP) is 1.95. The van der Waals surface area contributed by atoms with Crippen LogP contribution in [0.2, 0.25) is 0 Å². The van der Waals surface area contributed by atoms with E-state index >= 15 is 0 Å². The van der Waals surface area contributed by atoms with Gasteiger partial charge in [-0.3, -0.25) is 4.99 Å². The molecular formula is C17H29N3O3. The molecule has 1 aromatic rings. The number of aliphatic hydroxyl groups is 1. The van der Waals surface area contributed by atoms with Gasteiger partial charge in [0, 0.05) is 19.6 Å². The number of ether oxygens (including phenoxy) is 2. The SMILES string of the molecule is CCNC(=NCC(C)C)NCC(O)c1ccc(OC)c(OC)c1. The summed E-state index contributed by atoms with van der Waals surface area (Å²) in [5, 5.41) is 16.7. The Bertz CT molecular complexity index is 504. The van der Waals surface area contributed by atoms with E-state index in [0.29, 0.717) is 29.9 Å². The van der Waals surface area contributed by atoms with Crippen LogP contribution in [0.3, 0.4) is 0 Å². The molecular weight excluding hydrogens is 294 g/mol. The number of benzene rings is 1. The van der Waals surface area contributed by atoms with Crippen molar-refractivity contribution in [3.8, 4) is 11.5 Å². The number of hydrogen-bond acceptors (Lipinski definition) is 4. The lowest BCUT2D eigenvalue weighted by molar-refractivity contribution is 0.180. The van der Waals surface area contributed by atoms with Gasteiger partial charge in [-0.05, 0) is 30.5 Å². The molecule has 6 nitrogen and oxygen atoms in total. The lowest BCUT2D eigenvalue weighted by atomic mass is 10.1. The maximum atomic E-state index is 10.4. The fraction of sp³-hybridized carbons (Fsp3) is 0.588. The van der Waals surface area contributed by atoms with Crippen LogP contribution in [0, 0.1) is 5.92 Å². The summed E-state index contributed by atoms with van der Waals surface area (Å²) >= 11 is 0. The van der Waals surface area contributed by atoms with Gasteiger partial charge < -0.3 is 25.2 Å². The third kappa shape index (κ3) is 6.36. The molecule has 0 aromatic heterocycles. The zero-order valence-electron chi connectivity index (χ0n) is 14.7. The average molecular weight is 323 g/mol. The van der Waals surface area contributed by atoms with Crippen LogP contribution in [-0.4, -0.2) is 44.9 Å². The van der Waals surface area contributed by atoms with E-state index < -0.39 is 6.10 Å². The van der Waals surface area contributed by atoms with E-state index in [2.05, 4.69) is 29.5 Å². The number of guanidine groups is 1. The van der Waals surface area contributed by atoms with Crippen LogP contribution in [0.5, 0.6) is 11.5 Å². The lowest BCUT2D eigenvalue weighted by Crippen LogP contribution is -2.39. The standard InChI is InChI=1S/C17H29N3O3/c1-6-18-17(19-10-12(2)3)20-11-14(21)13-7-8-15(22-4)16(9-13)23-5/h7-9,12,14,21H,6,10-11H2,1-5H3,(H2,18,19,20). The van der Waals surface area contributed by atoms with Gasteiger partial charge in [-0.25, -0.2) is 0 Å². The summed E-state index contributed by atoms with van der Waals surface area (Å²) in [5.41, 5.74) is 0.759. The number of nitrogens with zero attached hydrogens (tertiary/aromatic N) is 1. The minimum atomic E-state index is -0.669. The number of rotatable bonds is 8. The highest BCUT2D eigenvalue weighted by molar-refractivity contribution is 5.79. The molecule has 23 heavy (non-hydrogen) atoms. The van der Waals surface area contributed by atoms with Crippen molar-refractivity contribution in [2.75, 3.05) is 33.9 Å². The van der Waals surface area contributed by atoms with Crippen molar-refractivity contribution in [2.24, 2.45) is 10.9 Å². The molecule has 0 bridgehead atoms. The Morgan fingerprint density at radius 1 is 1.17 bits per heavy atom. The normalized spacial score (nSPS) is 12.9. The maximum Gasteiger partial charge on any atom is 0.191 e. The quantitative estimate of drug-likeness (QED) is 0.504. The van der Waals surface area contributed by atoms with Gasteiger partial charge in [0.1, 0.15) is 0 Å². The largest absolute Gasteiger partial charge is 0.493 e. The van der Waals surface area contributed by atoms with Crippen LogP contribution in [-0.2, 0) is 0 Å². The van der Waals surface area contributed by atoms with Crippen LogP contribution in [0.1, 0.15) is 32.4 Å². The van der Waals surface area contributed by atoms with Gasteiger partial charge in [0.15, 0.2) is 17.5 Å². The van der Waals surface area contributed by atoms with Gasteiger partial charge in [0.25, 0.3) is 0 Å². The first-order chi connectivity index (χ1) is 11.0. The second kappa shape index (κ2) is 9.94. The molecule has 0 aliphatic heterocycles. The van der Waals surface area contributed by atoms with Crippen molar-refractivity contribution in [1.82, 2.24) is 10.6 Å². The molecule has 0 aliphatic rings. The Morgan fingerprint density at radius 2 is 1.87 bits per heavy atom. The molecule has 3 N–H and O–H groups in total. The molecule has 1 rings (SSSR count). The molecule has 0 fully saturated rings. The highest BCUT2D eigenvalue weighted by Crippen LogP contribution is 2.29. The van der Waals surface area contributed by atoms with E-state index in [1.165, 1.54) is 0 Å². The van der Waals surface area contributed by atoms with Gasteiger partial charge in [-0.2, -0.15) is 0 Å². The topological polar surface area (TPSA) is 75.1 Å². The van der Waals surface area contributed by atoms with E-state index in [1.807, 2.05) is 13.0 Å². The molecule has 6 heteroatoms. The van der Waals surface area contributed by atoms with Crippen molar-refractivity contribution in [1.29, 1.82) is 0 Å². The monoisotopic (exact) mass is 323 g/mol. The lowest BCUT2D eigenvalue weighted by Gasteiger charge is -2.17. The molecule has 0 spiro atoms. The van der Waals surface area contributed by atoms with Crippen LogP contribution in [0.4, 0.5) is 0 Å². The molecule has 0 aliphatic carbocycles. The van der Waals surface area contributed by atoms with Gasteiger partial charge in [0.2, 0.25) is 0 Å². The van der Waals surface area contributed by atoms with Crippen molar-refractivity contribution in [3.05, 3.63) is 23.8 Å². The predicted molar refractivity (Wildman–Crippen MR) is 93.3 cm³/mol. The van der Waals surface area contributed by atoms with Gasteiger partial charge in [-0.15, -0.1) is 0 Å². The van der Waals surface area contributed by atoms with Crippen molar-refractivity contribution >= 4 is 5.96 Å². The Morgan fingerprint density at radius 3 is 2.43 bits per heavy atom. The van der Waals surface area contributed by atoms with E-state index in [-0.39, 0.29) is 0 Å². The van der Waals surface area contributed by atoms with E-state index in [1.54, 1.807) is 26.4 Å². The molecule has 1 atom stereocenters. The number of aliphatic imine (C=N–C) groups is 1. The molecule has 1 unspecified atom stereocenters. The fourth-order valence-corrected chi connectivity index (χ4v) is 1.99. The van der Waals surface area contributed by atoms with Gasteiger partial charge >= 0.3 is 0 Å². The number of hydrogen-bond donors (Lipinski definition) is 3. The summed E-state index contributed by atoms with van der Waals surface area (Å²) in [5.74, 6) is 2.44. The molecule has 0 heterocycles. The third-order valence-electron chi connectivity index (χ3n) is 3.21. The summed E-state index contributed by atoms with van der Waals surface area (Å²) in [6.45, 7) is 8.12. The maximum absolute atomic E-state index is 10.4. The van der Waals surface area contributed by atoms with Crippen molar-refractivity contribution < 1.29 is 14.6 Å². The zero-order chi connectivity index (χ0) is 17.2. The van der Waals surface area contributed by atoms with E-state index in [9.17, 15) is 5.11 Å². The molecule has 0 saturated carbocycles. The van der Waals surface area contributed by atoms with E-state index in [0.717, 1.165) is 18.7 Å². The summed E-state index contributed by atoms with van der Waals surface area (Å²) in [7, 11) is 3.16. The first-order valence-corrected chi connectivity index (χ1v) is 7.93. The van der Waals surface area contributed by atoms with Crippen LogP contribution < -0.4 is 20.1 Å². The average Bonchev–Trinajstić information content (AvgIpc) is 2.56. The summed E-state index contributed by atoms with van der Waals surface area (Å²) in [6.07, 6.45) is -0.669.